The Labute approximate surface area is 91.6 Å². The first-order valence-electron chi connectivity index (χ1n) is 4.54. The van der Waals surface area contributed by atoms with Gasteiger partial charge < -0.3 is 21.3 Å². The van der Waals surface area contributed by atoms with Crippen LogP contribution in [0.1, 0.15) is 19.8 Å². The van der Waals surface area contributed by atoms with Crippen LogP contribution in [0.2, 0.25) is 0 Å². The molecule has 0 spiro atoms. The predicted molar refractivity (Wildman–Crippen MR) is 53.2 cm³/mol. The lowest BCUT2D eigenvalue weighted by molar-refractivity contribution is -0.148. The first-order chi connectivity index (χ1) is 7.23. The largest absolute Gasteiger partial charge is 0.481 e. The molecule has 1 amide bonds. The van der Waals surface area contributed by atoms with Crippen LogP contribution in [0.3, 0.4) is 0 Å². The van der Waals surface area contributed by atoms with Crippen LogP contribution in [-0.2, 0) is 14.4 Å². The molecule has 0 aromatic carbocycles. The van der Waals surface area contributed by atoms with Crippen molar-refractivity contribution in [1.29, 1.82) is 0 Å². The van der Waals surface area contributed by atoms with Crippen LogP contribution in [0, 0.1) is 0 Å². The van der Waals surface area contributed by atoms with Gasteiger partial charge in [-0.3, -0.25) is 15.3 Å². The molecule has 0 rings (SSSR count). The molecule has 0 saturated carbocycles. The number of aliphatic carboxylic acids is 2. The Kier molecular flexibility index (Phi) is 4.86. The molecule has 8 heteroatoms. The monoisotopic (exact) mass is 233 g/mol. The maximum Gasteiger partial charge on any atom is 0.344 e. The van der Waals surface area contributed by atoms with E-state index >= 15 is 0 Å². The van der Waals surface area contributed by atoms with Crippen molar-refractivity contribution in [1.82, 2.24) is 5.32 Å². The second-order valence-electron chi connectivity index (χ2n) is 3.32. The summed E-state index contributed by atoms with van der Waals surface area (Å²) >= 11 is 0. The molecule has 8 nitrogen and oxygen atoms in total. The van der Waals surface area contributed by atoms with Crippen LogP contribution in [0.15, 0.2) is 0 Å². The van der Waals surface area contributed by atoms with E-state index in [1.807, 2.05) is 5.32 Å². The summed E-state index contributed by atoms with van der Waals surface area (Å²) in [5.74, 6) is -3.57. The summed E-state index contributed by atoms with van der Waals surface area (Å²) in [4.78, 5) is 32.3. The Hall–Kier alpha value is -1.67. The quantitative estimate of drug-likeness (QED) is 0.334. The van der Waals surface area contributed by atoms with E-state index in [0.717, 1.165) is 0 Å². The molecule has 0 radical (unpaired) electrons. The molecule has 1 unspecified atom stereocenters. The van der Waals surface area contributed by atoms with E-state index in [4.69, 9.17) is 21.7 Å². The number of carbonyl (C=O) groups excluding carboxylic acids is 1. The number of carbonyl (C=O) groups is 3. The van der Waals surface area contributed by atoms with E-state index < -0.39 is 36.0 Å². The van der Waals surface area contributed by atoms with Crippen molar-refractivity contribution in [3.05, 3.63) is 0 Å². The minimum Gasteiger partial charge on any atom is -0.481 e. The highest BCUT2D eigenvalue weighted by molar-refractivity contribution is 5.90. The van der Waals surface area contributed by atoms with Gasteiger partial charge in [-0.25, -0.2) is 4.79 Å². The van der Waals surface area contributed by atoms with Crippen LogP contribution in [0.4, 0.5) is 0 Å². The average molecular weight is 233 g/mol. The number of rotatable bonds is 6. The molecular formula is C8H15N3O5. The Morgan fingerprint density at radius 2 is 1.88 bits per heavy atom. The fourth-order valence-electron chi connectivity index (χ4n) is 0.886. The number of nitrogens with two attached hydrogens (primary N) is 2. The smallest absolute Gasteiger partial charge is 0.344 e. The Morgan fingerprint density at radius 3 is 2.19 bits per heavy atom. The van der Waals surface area contributed by atoms with Gasteiger partial charge in [-0.05, 0) is 6.42 Å². The standard InChI is InChI=1S/C8H15N3O5/c1-2-8(10,7(15)16)11-6(14)4(9)3-5(12)13/h4H,2-3,9-10H2,1H3,(H,11,14)(H,12,13)(H,15,16)/t4-,8?/m0/s1. The van der Waals surface area contributed by atoms with Gasteiger partial charge in [0.1, 0.15) is 0 Å². The third-order valence-electron chi connectivity index (χ3n) is 2.02. The number of hydrogen-bond acceptors (Lipinski definition) is 5. The topological polar surface area (TPSA) is 156 Å². The van der Waals surface area contributed by atoms with Gasteiger partial charge in [0.2, 0.25) is 5.91 Å². The van der Waals surface area contributed by atoms with Crippen molar-refractivity contribution in [2.24, 2.45) is 11.5 Å². The van der Waals surface area contributed by atoms with Crippen molar-refractivity contribution in [3.63, 3.8) is 0 Å². The maximum absolute atomic E-state index is 11.3. The van der Waals surface area contributed by atoms with Gasteiger partial charge in [0.05, 0.1) is 12.5 Å². The molecule has 16 heavy (non-hydrogen) atoms. The summed E-state index contributed by atoms with van der Waals surface area (Å²) in [6, 6.07) is -1.33. The number of hydrogen-bond donors (Lipinski definition) is 5. The Morgan fingerprint density at radius 1 is 1.38 bits per heavy atom. The summed E-state index contributed by atoms with van der Waals surface area (Å²) < 4.78 is 0. The summed E-state index contributed by atoms with van der Waals surface area (Å²) in [7, 11) is 0. The van der Waals surface area contributed by atoms with E-state index in [2.05, 4.69) is 0 Å². The second-order valence-corrected chi connectivity index (χ2v) is 3.32. The van der Waals surface area contributed by atoms with Crippen LogP contribution in [0.5, 0.6) is 0 Å². The lowest BCUT2D eigenvalue weighted by Gasteiger charge is -2.25. The maximum atomic E-state index is 11.3. The van der Waals surface area contributed by atoms with Gasteiger partial charge in [-0.2, -0.15) is 0 Å². The highest BCUT2D eigenvalue weighted by Gasteiger charge is 2.35. The third-order valence-corrected chi connectivity index (χ3v) is 2.02. The fraction of sp³-hybridized carbons (Fsp3) is 0.625. The first kappa shape index (κ1) is 14.3. The minimum atomic E-state index is -1.92. The minimum absolute atomic E-state index is 0.0478. The van der Waals surface area contributed by atoms with Gasteiger partial charge in [0.15, 0.2) is 5.66 Å². The Balaban J connectivity index is 4.53. The molecule has 0 aromatic rings. The van der Waals surface area contributed by atoms with Gasteiger partial charge >= 0.3 is 11.9 Å². The van der Waals surface area contributed by atoms with Crippen molar-refractivity contribution >= 4 is 17.8 Å². The van der Waals surface area contributed by atoms with Crippen molar-refractivity contribution in [2.75, 3.05) is 0 Å². The number of nitrogens with one attached hydrogen (secondary N) is 1. The van der Waals surface area contributed by atoms with E-state index in [-0.39, 0.29) is 6.42 Å². The summed E-state index contributed by atoms with van der Waals surface area (Å²) in [5, 5.41) is 19.1. The fourth-order valence-corrected chi connectivity index (χ4v) is 0.886. The molecule has 0 saturated heterocycles. The SMILES string of the molecule is CCC(N)(NC(=O)[C@@H](N)CC(=O)O)C(=O)O. The van der Waals surface area contributed by atoms with E-state index in [1.54, 1.807) is 0 Å². The summed E-state index contributed by atoms with van der Waals surface area (Å²) in [6.45, 7) is 1.47. The molecule has 92 valence electrons. The lowest BCUT2D eigenvalue weighted by Crippen LogP contribution is -2.63. The Bertz CT molecular complexity index is 306. The molecule has 0 aliphatic carbocycles. The highest BCUT2D eigenvalue weighted by atomic mass is 16.4. The summed E-state index contributed by atoms with van der Waals surface area (Å²) in [5.41, 5.74) is 8.69. The van der Waals surface area contributed by atoms with Crippen LogP contribution in [-0.4, -0.2) is 39.8 Å². The van der Waals surface area contributed by atoms with E-state index in [9.17, 15) is 14.4 Å². The van der Waals surface area contributed by atoms with E-state index in [0.29, 0.717) is 0 Å². The highest BCUT2D eigenvalue weighted by Crippen LogP contribution is 2.03. The zero-order valence-corrected chi connectivity index (χ0v) is 8.77. The van der Waals surface area contributed by atoms with Crippen molar-refractivity contribution in [3.8, 4) is 0 Å². The number of carboxylic acids is 2. The number of carboxylic acid groups (broad SMARTS) is 2. The molecule has 0 bridgehead atoms. The lowest BCUT2D eigenvalue weighted by atomic mass is 10.1. The van der Waals surface area contributed by atoms with Crippen molar-refractivity contribution < 1.29 is 24.6 Å². The van der Waals surface area contributed by atoms with Gasteiger partial charge in [0, 0.05) is 0 Å². The van der Waals surface area contributed by atoms with Crippen LogP contribution >= 0.6 is 0 Å². The summed E-state index contributed by atoms with van der Waals surface area (Å²) in [6.07, 6.45) is -0.640. The zero-order valence-electron chi connectivity index (χ0n) is 8.77. The molecule has 0 aromatic heterocycles. The molecule has 0 aliphatic heterocycles. The normalized spacial score (nSPS) is 15.9. The zero-order chi connectivity index (χ0) is 12.9. The van der Waals surface area contributed by atoms with Gasteiger partial charge in [0.25, 0.3) is 0 Å². The molecule has 0 heterocycles. The molecule has 0 aliphatic rings. The number of amides is 1. The van der Waals surface area contributed by atoms with Crippen LogP contribution < -0.4 is 16.8 Å². The van der Waals surface area contributed by atoms with Gasteiger partial charge in [-0.1, -0.05) is 6.92 Å². The average Bonchev–Trinajstić information content (AvgIpc) is 2.16. The molecule has 2 atom stereocenters. The van der Waals surface area contributed by atoms with E-state index in [1.165, 1.54) is 6.92 Å². The second kappa shape index (κ2) is 5.42. The third kappa shape index (κ3) is 3.83. The molecule has 0 fully saturated rings. The molecule has 7 N–H and O–H groups in total. The van der Waals surface area contributed by atoms with Gasteiger partial charge in [-0.15, -0.1) is 0 Å². The van der Waals surface area contributed by atoms with Crippen LogP contribution in [0.25, 0.3) is 0 Å². The predicted octanol–water partition coefficient (Wildman–Crippen LogP) is -1.95. The molecular weight excluding hydrogens is 218 g/mol. The van der Waals surface area contributed by atoms with Crippen molar-refractivity contribution in [2.45, 2.75) is 31.5 Å². The first-order valence-corrected chi connectivity index (χ1v) is 4.54.